The van der Waals surface area contributed by atoms with Crippen molar-refractivity contribution in [3.63, 3.8) is 0 Å². The average Bonchev–Trinajstić information content (AvgIpc) is 3.17. The van der Waals surface area contributed by atoms with Gasteiger partial charge in [-0.2, -0.15) is 0 Å². The number of ether oxygens (including phenoxy) is 8. The number of methoxy groups -OCH3 is 4. The van der Waals surface area contributed by atoms with E-state index in [0.717, 1.165) is 16.0 Å². The smallest absolute Gasteiger partial charge is 0.408 e. The van der Waals surface area contributed by atoms with E-state index < -0.39 is 35.5 Å². The molecule has 0 aliphatic heterocycles. The summed E-state index contributed by atoms with van der Waals surface area (Å²) in [6, 6.07) is 1.97. The molecule has 0 radical (unpaired) electrons. The molecule has 348 valence electrons. The van der Waals surface area contributed by atoms with Crippen LogP contribution in [0.4, 0.5) is 9.59 Å². The number of amides is 3. The van der Waals surface area contributed by atoms with Crippen LogP contribution in [0.5, 0.6) is 23.3 Å². The highest BCUT2D eigenvalue weighted by Gasteiger charge is 2.30. The van der Waals surface area contributed by atoms with Crippen molar-refractivity contribution in [3.8, 4) is 23.3 Å². The van der Waals surface area contributed by atoms with Crippen molar-refractivity contribution in [3.05, 3.63) is 34.6 Å². The number of Topliss-reactive ketones (excluding diaryl/α,β-unsaturated/α-hetero) is 1. The van der Waals surface area contributed by atoms with E-state index in [2.05, 4.69) is 36.5 Å². The molecular weight excluding hydrogens is 862 g/mol. The number of carbonyl (C=O) groups excluding carboxylic acids is 4. The third-order valence-corrected chi connectivity index (χ3v) is 8.02. The van der Waals surface area contributed by atoms with Crippen molar-refractivity contribution >= 4 is 39.8 Å². The molecule has 61 heavy (non-hydrogen) atoms. The Balaban J connectivity index is 0.000000942. The molecule has 18 nitrogen and oxygen atoms in total. The van der Waals surface area contributed by atoms with Gasteiger partial charge in [-0.3, -0.25) is 14.4 Å². The SMILES string of the molecule is COCCCOc1cc(Br)cnc1OC.COCCCOc1cc(C(=O)[C@H](NC(=O)OC(C)(C)C)C(C)C)cnc1OC.CON(C)C(=O)[C@H](NC(=O)OC(C)(C)C)C(C)C. The lowest BCUT2D eigenvalue weighted by Crippen LogP contribution is -2.51. The number of hydrogen-bond donors (Lipinski definition) is 2. The fourth-order valence-corrected chi connectivity index (χ4v) is 4.95. The summed E-state index contributed by atoms with van der Waals surface area (Å²) >= 11 is 3.33. The van der Waals surface area contributed by atoms with Gasteiger partial charge in [0.1, 0.15) is 17.2 Å². The quantitative estimate of drug-likeness (QED) is 0.0775. The Kier molecular flexibility index (Phi) is 26.8. The molecule has 0 bridgehead atoms. The Bertz CT molecular complexity index is 1620. The summed E-state index contributed by atoms with van der Waals surface area (Å²) in [6.07, 6.45) is 3.35. The number of halogens is 1. The Morgan fingerprint density at radius 2 is 1.10 bits per heavy atom. The highest BCUT2D eigenvalue weighted by molar-refractivity contribution is 9.10. The first-order chi connectivity index (χ1) is 28.4. The van der Waals surface area contributed by atoms with E-state index in [9.17, 15) is 19.2 Å². The first kappa shape index (κ1) is 56.5. The maximum absolute atomic E-state index is 13.0. The molecule has 2 N–H and O–H groups in total. The number of ketones is 1. The molecule has 0 saturated heterocycles. The van der Waals surface area contributed by atoms with Gasteiger partial charge in [-0.1, -0.05) is 27.7 Å². The molecule has 0 aromatic carbocycles. The van der Waals surface area contributed by atoms with Gasteiger partial charge in [-0.25, -0.2) is 24.6 Å². The Labute approximate surface area is 370 Å². The van der Waals surface area contributed by atoms with E-state index in [1.165, 1.54) is 27.5 Å². The zero-order chi connectivity index (χ0) is 46.9. The van der Waals surface area contributed by atoms with Gasteiger partial charge in [0.15, 0.2) is 17.3 Å². The average molecular weight is 933 g/mol. The monoisotopic (exact) mass is 931 g/mol. The molecular formula is C42H70BrN5O13. The van der Waals surface area contributed by atoms with Crippen molar-refractivity contribution in [1.29, 1.82) is 0 Å². The minimum absolute atomic E-state index is 0.0670. The van der Waals surface area contributed by atoms with E-state index in [-0.39, 0.29) is 29.4 Å². The van der Waals surface area contributed by atoms with E-state index in [1.807, 2.05) is 33.8 Å². The summed E-state index contributed by atoms with van der Waals surface area (Å²) in [7, 11) is 9.22. The van der Waals surface area contributed by atoms with E-state index >= 15 is 0 Å². The van der Waals surface area contributed by atoms with Crippen molar-refractivity contribution in [1.82, 2.24) is 25.7 Å². The second kappa shape index (κ2) is 29.0. The molecule has 0 spiro atoms. The number of likely N-dealkylation sites (N-methyl/N-ethyl adjacent to an activating group) is 1. The van der Waals surface area contributed by atoms with Crippen molar-refractivity contribution in [2.24, 2.45) is 11.8 Å². The van der Waals surface area contributed by atoms with Gasteiger partial charge >= 0.3 is 12.2 Å². The van der Waals surface area contributed by atoms with Crippen LogP contribution in [0.15, 0.2) is 29.0 Å². The fourth-order valence-electron chi connectivity index (χ4n) is 4.64. The number of alkyl carbamates (subject to hydrolysis) is 2. The Morgan fingerprint density at radius 1 is 0.672 bits per heavy atom. The molecule has 0 aliphatic carbocycles. The van der Waals surface area contributed by atoms with Crippen LogP contribution in [0, 0.1) is 11.8 Å². The van der Waals surface area contributed by atoms with Crippen LogP contribution in [0.2, 0.25) is 0 Å². The topological polar surface area (TPSA) is 204 Å². The third kappa shape index (κ3) is 23.9. The predicted octanol–water partition coefficient (Wildman–Crippen LogP) is 7.06. The second-order valence-corrected chi connectivity index (χ2v) is 16.8. The second-order valence-electron chi connectivity index (χ2n) is 15.9. The maximum Gasteiger partial charge on any atom is 0.408 e. The van der Waals surface area contributed by atoms with Crippen molar-refractivity contribution in [2.45, 2.75) is 105 Å². The third-order valence-electron chi connectivity index (χ3n) is 7.59. The zero-order valence-corrected chi connectivity index (χ0v) is 40.5. The first-order valence-corrected chi connectivity index (χ1v) is 20.6. The lowest BCUT2D eigenvalue weighted by atomic mass is 9.96. The van der Waals surface area contributed by atoms with Gasteiger partial charge in [0.2, 0.25) is 0 Å². The number of rotatable bonds is 20. The van der Waals surface area contributed by atoms with Gasteiger partial charge < -0.3 is 48.5 Å². The van der Waals surface area contributed by atoms with E-state index in [0.29, 0.717) is 55.8 Å². The Morgan fingerprint density at radius 3 is 1.49 bits per heavy atom. The summed E-state index contributed by atoms with van der Waals surface area (Å²) in [5.41, 5.74) is -0.932. The van der Waals surface area contributed by atoms with Crippen LogP contribution >= 0.6 is 15.9 Å². The highest BCUT2D eigenvalue weighted by atomic mass is 79.9. The summed E-state index contributed by atoms with van der Waals surface area (Å²) in [5.74, 6) is 0.977. The molecule has 0 unspecified atom stereocenters. The molecule has 2 atom stereocenters. The van der Waals surface area contributed by atoms with Crippen LogP contribution in [-0.4, -0.2) is 131 Å². The number of nitrogens with one attached hydrogen (secondary N) is 2. The first-order valence-electron chi connectivity index (χ1n) is 19.8. The minimum atomic E-state index is -0.758. The Hall–Kier alpha value is -4.46. The molecule has 0 aliphatic rings. The summed E-state index contributed by atoms with van der Waals surface area (Å²) < 4.78 is 42.6. The van der Waals surface area contributed by atoms with Gasteiger partial charge in [-0.05, 0) is 75.4 Å². The number of aromatic nitrogens is 2. The van der Waals surface area contributed by atoms with Gasteiger partial charge in [-0.15, -0.1) is 0 Å². The molecule has 0 saturated carbocycles. The number of hydroxylamine groups is 2. The lowest BCUT2D eigenvalue weighted by molar-refractivity contribution is -0.172. The standard InChI is InChI=1S/C20H32N2O6.C12H24N2O4.C10H14BrNO3/c1-13(2)16(22-19(24)28-20(3,4)5)17(23)14-11-15(18(26-7)21-12-14)27-10-8-9-25-6;1-8(2)9(10(15)14(6)17-7)13-11(16)18-12(3,4)5;1-13-4-3-5-15-9-6-8(11)7-12-10(9)14-2/h11-13,16H,8-10H2,1-7H3,(H,22,24);8-9H,1-7H3,(H,13,16);6-7H,3-5H2,1-2H3/t16-;9-;/m11./s1. The lowest BCUT2D eigenvalue weighted by Gasteiger charge is -2.27. The fraction of sp³-hybridized carbons (Fsp3) is 0.667. The predicted molar refractivity (Wildman–Crippen MR) is 233 cm³/mol. The molecule has 0 fully saturated rings. The van der Waals surface area contributed by atoms with E-state index in [1.54, 1.807) is 75.1 Å². The number of pyridine rings is 2. The molecule has 3 amide bonds. The molecule has 2 heterocycles. The number of nitrogens with zero attached hydrogens (tertiary/aromatic N) is 3. The summed E-state index contributed by atoms with van der Waals surface area (Å²) in [5, 5.41) is 6.29. The summed E-state index contributed by atoms with van der Waals surface area (Å²) in [6.45, 7) is 20.2. The largest absolute Gasteiger partial charge is 0.488 e. The van der Waals surface area contributed by atoms with E-state index in [4.69, 9.17) is 42.7 Å². The highest BCUT2D eigenvalue weighted by Crippen LogP contribution is 2.28. The van der Waals surface area contributed by atoms with Gasteiger partial charge in [0, 0.05) is 75.8 Å². The number of carbonyl (C=O) groups is 4. The zero-order valence-electron chi connectivity index (χ0n) is 38.9. The molecule has 2 aromatic heterocycles. The van der Waals surface area contributed by atoms with Crippen LogP contribution < -0.4 is 29.6 Å². The molecule has 19 heteroatoms. The van der Waals surface area contributed by atoms with Crippen LogP contribution in [-0.2, 0) is 28.6 Å². The van der Waals surface area contributed by atoms with Crippen molar-refractivity contribution < 1.29 is 61.9 Å². The normalized spacial score (nSPS) is 12.0. The van der Waals surface area contributed by atoms with Gasteiger partial charge in [0.25, 0.3) is 17.7 Å². The van der Waals surface area contributed by atoms with Crippen LogP contribution in [0.1, 0.15) is 92.4 Å². The molecule has 2 aromatic rings. The van der Waals surface area contributed by atoms with Crippen molar-refractivity contribution in [2.75, 3.05) is 69.0 Å². The van der Waals surface area contributed by atoms with Crippen LogP contribution in [0.3, 0.4) is 0 Å². The maximum atomic E-state index is 13.0. The minimum Gasteiger partial charge on any atom is -0.488 e. The number of hydrogen-bond acceptors (Lipinski definition) is 15. The van der Waals surface area contributed by atoms with Crippen LogP contribution in [0.25, 0.3) is 0 Å². The summed E-state index contributed by atoms with van der Waals surface area (Å²) in [4.78, 5) is 61.7. The van der Waals surface area contributed by atoms with Gasteiger partial charge in [0.05, 0.1) is 40.6 Å². The molecule has 2 rings (SSSR count).